The topological polar surface area (TPSA) is 98.7 Å². The van der Waals surface area contributed by atoms with Gasteiger partial charge in [-0.1, -0.05) is 19.9 Å². The van der Waals surface area contributed by atoms with E-state index in [9.17, 15) is 14.7 Å². The van der Waals surface area contributed by atoms with Crippen LogP contribution >= 0.6 is 0 Å². The largest absolute Gasteiger partial charge is 0.506 e. The predicted molar refractivity (Wildman–Crippen MR) is 80.4 cm³/mol. The van der Waals surface area contributed by atoms with Crippen molar-refractivity contribution in [1.82, 2.24) is 5.32 Å². The molecule has 0 aliphatic rings. The maximum Gasteiger partial charge on any atom is 0.321 e. The number of carboxylic acid groups (broad SMARTS) is 1. The first-order valence-corrected chi connectivity index (χ1v) is 6.85. The van der Waals surface area contributed by atoms with Crippen LogP contribution in [0.5, 0.6) is 5.75 Å². The summed E-state index contributed by atoms with van der Waals surface area (Å²) >= 11 is 0. The van der Waals surface area contributed by atoms with E-state index in [0.29, 0.717) is 6.54 Å². The normalized spacial score (nSPS) is 12.2. The van der Waals surface area contributed by atoms with Crippen molar-refractivity contribution in [2.45, 2.75) is 33.2 Å². The van der Waals surface area contributed by atoms with Crippen molar-refractivity contribution in [2.75, 3.05) is 11.9 Å². The SMILES string of the molecule is Cc1ccc(O)c(NC(=O)C[C@H](NCC(C)C)C(=O)O)c1. The fraction of sp³-hybridized carbons (Fsp3) is 0.467. The number of carboxylic acids is 1. The Morgan fingerprint density at radius 3 is 2.52 bits per heavy atom. The Bertz CT molecular complexity index is 514. The van der Waals surface area contributed by atoms with Crippen LogP contribution in [0.15, 0.2) is 18.2 Å². The molecule has 21 heavy (non-hydrogen) atoms. The van der Waals surface area contributed by atoms with Gasteiger partial charge in [-0.2, -0.15) is 0 Å². The van der Waals surface area contributed by atoms with Crippen LogP contribution in [0, 0.1) is 12.8 Å². The number of rotatable bonds is 7. The molecule has 0 spiro atoms. The summed E-state index contributed by atoms with van der Waals surface area (Å²) in [6.07, 6.45) is -0.199. The molecule has 1 rings (SSSR count). The van der Waals surface area contributed by atoms with Crippen LogP contribution in [-0.4, -0.2) is 34.7 Å². The highest BCUT2D eigenvalue weighted by Gasteiger charge is 2.21. The van der Waals surface area contributed by atoms with Gasteiger partial charge in [-0.3, -0.25) is 9.59 Å². The van der Waals surface area contributed by atoms with Crippen LogP contribution in [0.3, 0.4) is 0 Å². The molecule has 4 N–H and O–H groups in total. The number of hydrogen-bond donors (Lipinski definition) is 4. The molecule has 0 aliphatic carbocycles. The van der Waals surface area contributed by atoms with Gasteiger partial charge in [0.25, 0.3) is 0 Å². The van der Waals surface area contributed by atoms with Crippen LogP contribution < -0.4 is 10.6 Å². The monoisotopic (exact) mass is 294 g/mol. The molecule has 0 unspecified atom stereocenters. The molecule has 6 heteroatoms. The third kappa shape index (κ3) is 5.83. The number of benzene rings is 1. The van der Waals surface area contributed by atoms with Crippen molar-refractivity contribution in [3.05, 3.63) is 23.8 Å². The Labute approximate surface area is 124 Å². The summed E-state index contributed by atoms with van der Waals surface area (Å²) in [5.74, 6) is -1.29. The van der Waals surface area contributed by atoms with E-state index in [0.717, 1.165) is 5.56 Å². The Kier molecular flexibility index (Phi) is 6.17. The highest BCUT2D eigenvalue weighted by atomic mass is 16.4. The second-order valence-electron chi connectivity index (χ2n) is 5.47. The van der Waals surface area contributed by atoms with Gasteiger partial charge in [0.05, 0.1) is 12.1 Å². The molecule has 0 aliphatic heterocycles. The molecular formula is C15H22N2O4. The van der Waals surface area contributed by atoms with Gasteiger partial charge in [0.15, 0.2) is 0 Å². The van der Waals surface area contributed by atoms with Crippen LogP contribution in [-0.2, 0) is 9.59 Å². The van der Waals surface area contributed by atoms with Crippen LogP contribution in [0.25, 0.3) is 0 Å². The first kappa shape index (κ1) is 17.0. The fourth-order valence-corrected chi connectivity index (χ4v) is 1.76. The number of aryl methyl sites for hydroxylation is 1. The first-order valence-electron chi connectivity index (χ1n) is 6.85. The number of carbonyl (C=O) groups is 2. The summed E-state index contributed by atoms with van der Waals surface area (Å²) in [5, 5.41) is 24.1. The molecule has 0 aromatic heterocycles. The van der Waals surface area contributed by atoms with E-state index in [-0.39, 0.29) is 23.8 Å². The second-order valence-corrected chi connectivity index (χ2v) is 5.47. The number of phenols is 1. The molecule has 6 nitrogen and oxygen atoms in total. The Hall–Kier alpha value is -2.08. The average Bonchev–Trinajstić information content (AvgIpc) is 2.38. The molecule has 1 aromatic carbocycles. The lowest BCUT2D eigenvalue weighted by atomic mass is 10.1. The molecular weight excluding hydrogens is 272 g/mol. The van der Waals surface area contributed by atoms with E-state index in [2.05, 4.69) is 10.6 Å². The van der Waals surface area contributed by atoms with E-state index in [1.165, 1.54) is 6.07 Å². The molecule has 0 saturated heterocycles. The Morgan fingerprint density at radius 1 is 1.29 bits per heavy atom. The highest BCUT2D eigenvalue weighted by Crippen LogP contribution is 2.23. The minimum Gasteiger partial charge on any atom is -0.506 e. The van der Waals surface area contributed by atoms with E-state index >= 15 is 0 Å². The zero-order valence-corrected chi connectivity index (χ0v) is 12.5. The number of amides is 1. The summed E-state index contributed by atoms with van der Waals surface area (Å²) in [6.45, 7) is 6.26. The van der Waals surface area contributed by atoms with E-state index in [1.807, 2.05) is 20.8 Å². The average molecular weight is 294 g/mol. The minimum atomic E-state index is -1.07. The number of aromatic hydroxyl groups is 1. The van der Waals surface area contributed by atoms with E-state index in [4.69, 9.17) is 5.11 Å². The smallest absolute Gasteiger partial charge is 0.321 e. The van der Waals surface area contributed by atoms with Crippen molar-refractivity contribution >= 4 is 17.6 Å². The molecule has 0 bridgehead atoms. The Balaban J connectivity index is 2.65. The predicted octanol–water partition coefficient (Wildman–Crippen LogP) is 1.73. The number of nitrogens with one attached hydrogen (secondary N) is 2. The number of anilines is 1. The molecule has 1 aromatic rings. The van der Waals surface area contributed by atoms with Gasteiger partial charge in [-0.05, 0) is 37.1 Å². The molecule has 1 atom stereocenters. The summed E-state index contributed by atoms with van der Waals surface area (Å²) in [7, 11) is 0. The van der Waals surface area contributed by atoms with Crippen molar-refractivity contribution < 1.29 is 19.8 Å². The fourth-order valence-electron chi connectivity index (χ4n) is 1.76. The molecule has 116 valence electrons. The van der Waals surface area contributed by atoms with Gasteiger partial charge in [0, 0.05) is 0 Å². The standard InChI is InChI=1S/C15H22N2O4/c1-9(2)8-16-12(15(20)21)7-14(19)17-11-6-10(3)4-5-13(11)18/h4-6,9,12,16,18H,7-8H2,1-3H3,(H,17,19)(H,20,21)/t12-/m0/s1. The first-order chi connectivity index (χ1) is 9.79. The van der Waals surface area contributed by atoms with Gasteiger partial charge in [-0.25, -0.2) is 0 Å². The quantitative estimate of drug-likeness (QED) is 0.574. The summed E-state index contributed by atoms with van der Waals surface area (Å²) < 4.78 is 0. The van der Waals surface area contributed by atoms with Crippen LogP contribution in [0.2, 0.25) is 0 Å². The summed E-state index contributed by atoms with van der Waals surface area (Å²) in [5.41, 5.74) is 1.17. The van der Waals surface area contributed by atoms with Gasteiger partial charge in [0.1, 0.15) is 11.8 Å². The minimum absolute atomic E-state index is 0.0454. The second kappa shape index (κ2) is 7.64. The number of phenolic OH excluding ortho intramolecular Hbond substituents is 1. The van der Waals surface area contributed by atoms with Gasteiger partial charge >= 0.3 is 5.97 Å². The number of hydrogen-bond acceptors (Lipinski definition) is 4. The van der Waals surface area contributed by atoms with Gasteiger partial charge in [0.2, 0.25) is 5.91 Å². The lowest BCUT2D eigenvalue weighted by Gasteiger charge is -2.16. The van der Waals surface area contributed by atoms with Gasteiger partial charge in [-0.15, -0.1) is 0 Å². The van der Waals surface area contributed by atoms with E-state index < -0.39 is 17.9 Å². The molecule has 0 heterocycles. The lowest BCUT2D eigenvalue weighted by molar-refractivity contribution is -0.141. The van der Waals surface area contributed by atoms with Crippen LogP contribution in [0.1, 0.15) is 25.8 Å². The van der Waals surface area contributed by atoms with Gasteiger partial charge < -0.3 is 20.8 Å². The zero-order valence-electron chi connectivity index (χ0n) is 12.5. The summed E-state index contributed by atoms with van der Waals surface area (Å²) in [6, 6.07) is 3.88. The van der Waals surface area contributed by atoms with E-state index in [1.54, 1.807) is 12.1 Å². The highest BCUT2D eigenvalue weighted by molar-refractivity contribution is 5.95. The van der Waals surface area contributed by atoms with Crippen molar-refractivity contribution in [3.63, 3.8) is 0 Å². The lowest BCUT2D eigenvalue weighted by Crippen LogP contribution is -2.41. The molecule has 0 fully saturated rings. The molecule has 0 saturated carbocycles. The maximum absolute atomic E-state index is 11.9. The molecule has 1 amide bonds. The van der Waals surface area contributed by atoms with Crippen molar-refractivity contribution in [1.29, 1.82) is 0 Å². The Morgan fingerprint density at radius 2 is 1.95 bits per heavy atom. The number of carbonyl (C=O) groups excluding carboxylic acids is 1. The summed E-state index contributed by atoms with van der Waals surface area (Å²) in [4.78, 5) is 23.0. The zero-order chi connectivity index (χ0) is 16.0. The third-order valence-electron chi connectivity index (χ3n) is 2.89. The molecule has 0 radical (unpaired) electrons. The number of aliphatic carboxylic acids is 1. The third-order valence-corrected chi connectivity index (χ3v) is 2.89. The van der Waals surface area contributed by atoms with Crippen molar-refractivity contribution in [3.8, 4) is 5.75 Å². The van der Waals surface area contributed by atoms with Crippen molar-refractivity contribution in [2.24, 2.45) is 5.92 Å². The van der Waals surface area contributed by atoms with Crippen LogP contribution in [0.4, 0.5) is 5.69 Å². The maximum atomic E-state index is 11.9.